The molecule has 0 aromatic heterocycles. The van der Waals surface area contributed by atoms with Gasteiger partial charge < -0.3 is 28.8 Å². The highest BCUT2D eigenvalue weighted by Gasteiger charge is 2.24. The van der Waals surface area contributed by atoms with Crippen LogP contribution in [0.1, 0.15) is 174 Å². The molecule has 1 amide bonds. The number of hydrogen-bond donors (Lipinski definition) is 2. The number of phosphoric acid groups is 1. The van der Waals surface area contributed by atoms with E-state index in [0.717, 1.165) is 44.9 Å². The van der Waals surface area contributed by atoms with Gasteiger partial charge in [-0.2, -0.15) is 0 Å². The van der Waals surface area contributed by atoms with Crippen molar-refractivity contribution >= 4 is 13.7 Å². The maximum Gasteiger partial charge on any atom is 0.268 e. The van der Waals surface area contributed by atoms with Crippen LogP contribution in [-0.4, -0.2) is 68.5 Å². The number of likely N-dealkylation sites (N-methyl/N-ethyl adjacent to an activating group) is 1. The van der Waals surface area contributed by atoms with E-state index in [4.69, 9.17) is 9.05 Å². The minimum Gasteiger partial charge on any atom is -0.756 e. The second kappa shape index (κ2) is 31.2. The summed E-state index contributed by atoms with van der Waals surface area (Å²) in [6.07, 6.45) is 32.1. The van der Waals surface area contributed by atoms with Crippen LogP contribution in [-0.2, 0) is 18.4 Å². The number of rotatable bonds is 35. The topological polar surface area (TPSA) is 108 Å². The van der Waals surface area contributed by atoms with Gasteiger partial charge in [-0.3, -0.25) is 9.36 Å². The van der Waals surface area contributed by atoms with Gasteiger partial charge in [-0.15, -0.1) is 0 Å². The molecule has 0 heterocycles. The van der Waals surface area contributed by atoms with Gasteiger partial charge in [-0.25, -0.2) is 0 Å². The molecule has 0 aromatic carbocycles. The lowest BCUT2D eigenvalue weighted by Crippen LogP contribution is -2.46. The smallest absolute Gasteiger partial charge is 0.268 e. The molecule has 0 radical (unpaired) electrons. The normalized spacial score (nSPS) is 14.8. The summed E-state index contributed by atoms with van der Waals surface area (Å²) in [6, 6.07) is -0.808. The number of unbranched alkanes of at least 4 members (excludes halogenated alkanes) is 20. The number of nitrogens with one attached hydrogen (secondary N) is 1. The molecule has 0 bridgehead atoms. The zero-order valence-electron chi connectivity index (χ0n) is 31.5. The Kier molecular flexibility index (Phi) is 30.7. The molecule has 0 aliphatic heterocycles. The number of aliphatic hydroxyl groups is 1. The molecule has 0 aliphatic carbocycles. The van der Waals surface area contributed by atoms with Gasteiger partial charge in [-0.1, -0.05) is 142 Å². The van der Waals surface area contributed by atoms with Gasteiger partial charge in [0.2, 0.25) is 5.91 Å². The maximum absolute atomic E-state index is 12.8. The van der Waals surface area contributed by atoms with Gasteiger partial charge in [0, 0.05) is 6.42 Å². The van der Waals surface area contributed by atoms with E-state index in [1.165, 1.54) is 103 Å². The minimum atomic E-state index is -4.56. The summed E-state index contributed by atoms with van der Waals surface area (Å²) in [7, 11) is 1.29. The Morgan fingerprint density at radius 1 is 0.723 bits per heavy atom. The van der Waals surface area contributed by atoms with Crippen LogP contribution in [0.4, 0.5) is 0 Å². The zero-order valence-corrected chi connectivity index (χ0v) is 32.4. The Morgan fingerprint density at radius 2 is 1.17 bits per heavy atom. The summed E-state index contributed by atoms with van der Waals surface area (Å²) >= 11 is 0. The first-order chi connectivity index (χ1) is 22.5. The molecule has 0 aliphatic rings. The van der Waals surface area contributed by atoms with E-state index in [1.807, 2.05) is 21.1 Å². The van der Waals surface area contributed by atoms with Crippen LogP contribution < -0.4 is 10.2 Å². The Bertz CT molecular complexity index is 789. The van der Waals surface area contributed by atoms with Crippen molar-refractivity contribution in [2.75, 3.05) is 40.9 Å². The van der Waals surface area contributed by atoms with Crippen molar-refractivity contribution in [1.29, 1.82) is 0 Å². The van der Waals surface area contributed by atoms with E-state index < -0.39 is 20.0 Å². The fraction of sp³-hybridized carbons (Fsp3) is 0.921. The lowest BCUT2D eigenvalue weighted by atomic mass is 10.0. The quantitative estimate of drug-likeness (QED) is 0.0297. The summed E-state index contributed by atoms with van der Waals surface area (Å²) in [6.45, 7) is 4.67. The first kappa shape index (κ1) is 46.2. The van der Waals surface area contributed by atoms with Crippen molar-refractivity contribution in [2.24, 2.45) is 0 Å². The molecule has 280 valence electrons. The molecule has 47 heavy (non-hydrogen) atoms. The van der Waals surface area contributed by atoms with Gasteiger partial charge in [0.15, 0.2) is 0 Å². The Balaban J connectivity index is 4.49. The van der Waals surface area contributed by atoms with Crippen molar-refractivity contribution in [2.45, 2.75) is 187 Å². The fourth-order valence-electron chi connectivity index (χ4n) is 5.56. The van der Waals surface area contributed by atoms with E-state index in [-0.39, 0.29) is 19.1 Å². The molecule has 2 N–H and O–H groups in total. The highest BCUT2D eigenvalue weighted by Crippen LogP contribution is 2.38. The zero-order chi connectivity index (χ0) is 35.1. The average Bonchev–Trinajstić information content (AvgIpc) is 3.01. The standard InChI is InChI=1S/C38H77N2O6P/c1-6-8-10-12-14-16-18-20-22-24-26-28-30-32-38(42)39-36(35-46-47(43,44)45-34-33-40(3,4)5)37(41)31-29-27-25-23-21-19-17-15-13-11-9-7-2/h21,23,36-37,41H,6-20,22,24-35H2,1-5H3,(H-,39,42,43,44)/b23-21+/t36-,37+/m0/s1. The second-order valence-corrected chi connectivity index (χ2v) is 16.0. The first-order valence-electron chi connectivity index (χ1n) is 19.5. The Morgan fingerprint density at radius 3 is 1.66 bits per heavy atom. The molecule has 0 aromatic rings. The van der Waals surface area contributed by atoms with Gasteiger partial charge >= 0.3 is 0 Å². The first-order valence-corrected chi connectivity index (χ1v) is 21.0. The van der Waals surface area contributed by atoms with Crippen LogP contribution in [0, 0.1) is 0 Å². The maximum atomic E-state index is 12.8. The van der Waals surface area contributed by atoms with Crippen LogP contribution in [0.2, 0.25) is 0 Å². The molecule has 0 rings (SSSR count). The van der Waals surface area contributed by atoms with E-state index in [1.54, 1.807) is 0 Å². The third kappa shape index (κ3) is 33.5. The molecule has 0 saturated carbocycles. The number of hydrogen-bond acceptors (Lipinski definition) is 6. The molecule has 9 heteroatoms. The lowest BCUT2D eigenvalue weighted by molar-refractivity contribution is -0.870. The second-order valence-electron chi connectivity index (χ2n) is 14.6. The van der Waals surface area contributed by atoms with Crippen LogP contribution in [0.5, 0.6) is 0 Å². The SMILES string of the molecule is CCCCCCCC/C=C/CCCC[C@@H](O)[C@H](COP(=O)([O-])OCC[N+](C)(C)C)NC(=O)CCCCCCCCCCCCCCC. The molecular formula is C38H77N2O6P. The number of aliphatic hydroxyl groups excluding tert-OH is 1. The number of allylic oxidation sites excluding steroid dienone is 2. The predicted molar refractivity (Wildman–Crippen MR) is 196 cm³/mol. The van der Waals surface area contributed by atoms with Gasteiger partial charge in [0.05, 0.1) is 39.9 Å². The number of phosphoric ester groups is 1. The van der Waals surface area contributed by atoms with Crippen molar-refractivity contribution in [1.82, 2.24) is 5.32 Å². The van der Waals surface area contributed by atoms with Gasteiger partial charge in [0.25, 0.3) is 7.82 Å². The van der Waals surface area contributed by atoms with Crippen LogP contribution in [0.15, 0.2) is 12.2 Å². The fourth-order valence-corrected chi connectivity index (χ4v) is 6.28. The number of nitrogens with zero attached hydrogens (tertiary/aromatic N) is 1. The third-order valence-electron chi connectivity index (χ3n) is 8.75. The summed E-state index contributed by atoms with van der Waals surface area (Å²) in [5.41, 5.74) is 0. The highest BCUT2D eigenvalue weighted by molar-refractivity contribution is 7.45. The van der Waals surface area contributed by atoms with Crippen molar-refractivity contribution in [3.63, 3.8) is 0 Å². The van der Waals surface area contributed by atoms with Crippen LogP contribution in [0.25, 0.3) is 0 Å². The number of quaternary nitrogens is 1. The lowest BCUT2D eigenvalue weighted by Gasteiger charge is -2.30. The molecule has 0 saturated heterocycles. The van der Waals surface area contributed by atoms with Crippen LogP contribution in [0.3, 0.4) is 0 Å². The number of carbonyl (C=O) groups excluding carboxylic acids is 1. The van der Waals surface area contributed by atoms with Gasteiger partial charge in [0.1, 0.15) is 13.2 Å². The molecular weight excluding hydrogens is 611 g/mol. The number of carbonyl (C=O) groups is 1. The summed E-state index contributed by atoms with van der Waals surface area (Å²) in [5.74, 6) is -0.176. The minimum absolute atomic E-state index is 0.00921. The van der Waals surface area contributed by atoms with Crippen molar-refractivity contribution in [3.05, 3.63) is 12.2 Å². The largest absolute Gasteiger partial charge is 0.756 e. The van der Waals surface area contributed by atoms with E-state index in [9.17, 15) is 19.4 Å². The molecule has 3 atom stereocenters. The van der Waals surface area contributed by atoms with E-state index in [2.05, 4.69) is 31.3 Å². The molecule has 0 spiro atoms. The predicted octanol–water partition coefficient (Wildman–Crippen LogP) is 9.39. The van der Waals surface area contributed by atoms with Crippen molar-refractivity contribution < 1.29 is 32.9 Å². The molecule has 1 unspecified atom stereocenters. The average molecular weight is 689 g/mol. The number of amides is 1. The molecule has 8 nitrogen and oxygen atoms in total. The van der Waals surface area contributed by atoms with Crippen LogP contribution >= 0.6 is 7.82 Å². The monoisotopic (exact) mass is 689 g/mol. The summed E-state index contributed by atoms with van der Waals surface area (Å²) in [5, 5.41) is 13.8. The Labute approximate surface area is 291 Å². The van der Waals surface area contributed by atoms with Crippen molar-refractivity contribution in [3.8, 4) is 0 Å². The molecule has 0 fully saturated rings. The summed E-state index contributed by atoms with van der Waals surface area (Å²) in [4.78, 5) is 25.2. The highest BCUT2D eigenvalue weighted by atomic mass is 31.2. The van der Waals surface area contributed by atoms with Gasteiger partial charge in [-0.05, 0) is 38.5 Å². The third-order valence-corrected chi connectivity index (χ3v) is 9.72. The Hall–Kier alpha value is -0.760. The summed E-state index contributed by atoms with van der Waals surface area (Å²) < 4.78 is 23.1. The van der Waals surface area contributed by atoms with E-state index >= 15 is 0 Å². The van der Waals surface area contributed by atoms with E-state index in [0.29, 0.717) is 23.9 Å².